The zero-order valence-corrected chi connectivity index (χ0v) is 18.7. The molecule has 1 saturated heterocycles. The van der Waals surface area contributed by atoms with Gasteiger partial charge in [-0.25, -0.2) is 13.2 Å². The number of hydrogen-bond donors (Lipinski definition) is 2. The van der Waals surface area contributed by atoms with Crippen molar-refractivity contribution in [2.24, 2.45) is 0 Å². The maximum atomic E-state index is 13.7. The molecule has 32 heavy (non-hydrogen) atoms. The topological polar surface area (TPSA) is 95.9 Å². The lowest BCUT2D eigenvalue weighted by atomic mass is 10.2. The Kier molecular flexibility index (Phi) is 7.14. The van der Waals surface area contributed by atoms with E-state index in [1.807, 2.05) is 5.32 Å². The van der Waals surface area contributed by atoms with Gasteiger partial charge in [0.1, 0.15) is 6.54 Å². The van der Waals surface area contributed by atoms with Crippen LogP contribution in [0.3, 0.4) is 0 Å². The molecule has 0 bridgehead atoms. The van der Waals surface area contributed by atoms with Gasteiger partial charge in [0.05, 0.1) is 17.2 Å². The Morgan fingerprint density at radius 1 is 1.25 bits per heavy atom. The van der Waals surface area contributed by atoms with Crippen LogP contribution in [0.15, 0.2) is 33.6 Å². The molecule has 2 aromatic carbocycles. The zero-order chi connectivity index (χ0) is 23.6. The number of amides is 3. The first-order valence-corrected chi connectivity index (χ1v) is 10.6. The summed E-state index contributed by atoms with van der Waals surface area (Å²) in [6.07, 6.45) is 1.38. The second-order valence-corrected chi connectivity index (χ2v) is 8.16. The first-order chi connectivity index (χ1) is 15.1. The molecular weight excluding hydrogens is 517 g/mol. The van der Waals surface area contributed by atoms with Gasteiger partial charge < -0.3 is 15.2 Å². The normalized spacial score (nSPS) is 14.9. The Bertz CT molecular complexity index is 1160. The molecule has 0 saturated carbocycles. The molecule has 1 fully saturated rings. The van der Waals surface area contributed by atoms with E-state index in [0.29, 0.717) is 39.4 Å². The number of nitrogens with one attached hydrogen (secondary N) is 1. The van der Waals surface area contributed by atoms with Crippen molar-refractivity contribution in [3.63, 3.8) is 0 Å². The summed E-state index contributed by atoms with van der Waals surface area (Å²) in [4.78, 5) is 37.6. The largest absolute Gasteiger partial charge is 0.504 e. The standard InChI is InChI=1S/C20H14BrF3N2O5S/c1-2-31-14-5-9(10(21)7-13(14)27)6-15-19(29)26(20(30)32-15)8-16(28)25-12-4-3-11(22)17(23)18(12)24/h3-7,27H,2,8H2,1H3,(H,25,28). The van der Waals surface area contributed by atoms with Gasteiger partial charge in [-0.05, 0) is 54.6 Å². The third-order valence-corrected chi connectivity index (χ3v) is 5.74. The molecule has 0 unspecified atom stereocenters. The van der Waals surface area contributed by atoms with Crippen LogP contribution in [0.2, 0.25) is 0 Å². The molecule has 2 N–H and O–H groups in total. The minimum Gasteiger partial charge on any atom is -0.504 e. The summed E-state index contributed by atoms with van der Waals surface area (Å²) in [5.74, 6) is -6.50. The third-order valence-electron chi connectivity index (χ3n) is 4.15. The van der Waals surface area contributed by atoms with E-state index in [2.05, 4.69) is 15.9 Å². The highest BCUT2D eigenvalue weighted by Crippen LogP contribution is 2.37. The Hall–Kier alpha value is -2.99. The summed E-state index contributed by atoms with van der Waals surface area (Å²) in [5.41, 5.74) is -0.196. The summed E-state index contributed by atoms with van der Waals surface area (Å²) in [6, 6.07) is 4.28. The van der Waals surface area contributed by atoms with Gasteiger partial charge >= 0.3 is 0 Å². The van der Waals surface area contributed by atoms with Crippen LogP contribution in [-0.4, -0.2) is 40.2 Å². The lowest BCUT2D eigenvalue weighted by Gasteiger charge is -2.13. The summed E-state index contributed by atoms with van der Waals surface area (Å²) < 4.78 is 45.8. The molecule has 0 aromatic heterocycles. The van der Waals surface area contributed by atoms with Crippen LogP contribution in [-0.2, 0) is 9.59 Å². The Balaban J connectivity index is 1.77. The molecule has 0 atom stereocenters. The number of nitrogens with zero attached hydrogens (tertiary/aromatic N) is 1. The number of carbonyl (C=O) groups is 3. The molecule has 168 valence electrons. The lowest BCUT2D eigenvalue weighted by molar-refractivity contribution is -0.127. The van der Waals surface area contributed by atoms with Crippen LogP contribution < -0.4 is 10.1 Å². The van der Waals surface area contributed by atoms with E-state index in [1.165, 1.54) is 18.2 Å². The van der Waals surface area contributed by atoms with Crippen LogP contribution in [0.25, 0.3) is 6.08 Å². The number of benzene rings is 2. The fourth-order valence-corrected chi connectivity index (χ4v) is 3.95. The SMILES string of the molecule is CCOc1cc(C=C2SC(=O)N(CC(=O)Nc3ccc(F)c(F)c3F)C2=O)c(Br)cc1O. The fourth-order valence-electron chi connectivity index (χ4n) is 2.67. The fraction of sp³-hybridized carbons (Fsp3) is 0.150. The maximum absolute atomic E-state index is 13.7. The molecule has 2 aromatic rings. The molecule has 3 rings (SSSR count). The number of halogens is 4. The van der Waals surface area contributed by atoms with E-state index in [-0.39, 0.29) is 16.4 Å². The van der Waals surface area contributed by atoms with Gasteiger partial charge in [-0.1, -0.05) is 15.9 Å². The van der Waals surface area contributed by atoms with Crippen LogP contribution in [0.1, 0.15) is 12.5 Å². The molecular formula is C20H14BrF3N2O5S. The molecule has 1 aliphatic heterocycles. The van der Waals surface area contributed by atoms with E-state index in [4.69, 9.17) is 4.74 Å². The Morgan fingerprint density at radius 3 is 2.66 bits per heavy atom. The van der Waals surface area contributed by atoms with E-state index in [1.54, 1.807) is 6.92 Å². The van der Waals surface area contributed by atoms with Crippen LogP contribution in [0.4, 0.5) is 23.7 Å². The Labute approximate surface area is 192 Å². The lowest BCUT2D eigenvalue weighted by Crippen LogP contribution is -2.36. The number of carbonyl (C=O) groups excluding carboxylic acids is 3. The van der Waals surface area contributed by atoms with Crippen molar-refractivity contribution in [1.82, 2.24) is 4.90 Å². The van der Waals surface area contributed by atoms with Crippen molar-refractivity contribution in [3.05, 3.63) is 56.7 Å². The number of hydrogen-bond acceptors (Lipinski definition) is 6. The monoisotopic (exact) mass is 530 g/mol. The van der Waals surface area contributed by atoms with Crippen molar-refractivity contribution in [2.45, 2.75) is 6.92 Å². The number of aromatic hydroxyl groups is 1. The second kappa shape index (κ2) is 9.65. The molecule has 0 spiro atoms. The molecule has 12 heteroatoms. The number of ether oxygens (including phenoxy) is 1. The highest BCUT2D eigenvalue weighted by Gasteiger charge is 2.36. The first kappa shape index (κ1) is 23.7. The maximum Gasteiger partial charge on any atom is 0.294 e. The summed E-state index contributed by atoms with van der Waals surface area (Å²) in [6.45, 7) is 1.25. The zero-order valence-electron chi connectivity index (χ0n) is 16.2. The predicted molar refractivity (Wildman–Crippen MR) is 115 cm³/mol. The minimum absolute atomic E-state index is 0.00403. The number of thioether (sulfide) groups is 1. The average Bonchev–Trinajstić information content (AvgIpc) is 2.99. The molecule has 3 amide bonds. The summed E-state index contributed by atoms with van der Waals surface area (Å²) >= 11 is 3.82. The number of rotatable bonds is 6. The van der Waals surface area contributed by atoms with Crippen molar-refractivity contribution in [1.29, 1.82) is 0 Å². The van der Waals surface area contributed by atoms with Crippen molar-refractivity contribution >= 4 is 56.5 Å². The van der Waals surface area contributed by atoms with E-state index in [9.17, 15) is 32.7 Å². The van der Waals surface area contributed by atoms with E-state index >= 15 is 0 Å². The average molecular weight is 531 g/mol. The molecule has 1 heterocycles. The number of anilines is 1. The highest BCUT2D eigenvalue weighted by molar-refractivity contribution is 9.10. The van der Waals surface area contributed by atoms with Crippen LogP contribution in [0.5, 0.6) is 11.5 Å². The summed E-state index contributed by atoms with van der Waals surface area (Å²) in [7, 11) is 0. The van der Waals surface area contributed by atoms with Gasteiger partial charge in [-0.3, -0.25) is 19.3 Å². The number of phenolic OH excluding ortho intramolecular Hbond substituents is 1. The van der Waals surface area contributed by atoms with Gasteiger partial charge in [0.25, 0.3) is 11.1 Å². The molecule has 7 nitrogen and oxygen atoms in total. The van der Waals surface area contributed by atoms with Crippen LogP contribution >= 0.6 is 27.7 Å². The quantitative estimate of drug-likeness (QED) is 0.417. The van der Waals surface area contributed by atoms with Crippen molar-refractivity contribution < 1.29 is 37.4 Å². The van der Waals surface area contributed by atoms with Crippen molar-refractivity contribution in [2.75, 3.05) is 18.5 Å². The second-order valence-electron chi connectivity index (χ2n) is 6.31. The first-order valence-electron chi connectivity index (χ1n) is 8.96. The smallest absolute Gasteiger partial charge is 0.294 e. The molecule has 0 radical (unpaired) electrons. The van der Waals surface area contributed by atoms with E-state index in [0.717, 1.165) is 6.07 Å². The number of imide groups is 1. The Morgan fingerprint density at radius 2 is 1.97 bits per heavy atom. The van der Waals surface area contributed by atoms with E-state index < -0.39 is 46.7 Å². The van der Waals surface area contributed by atoms with Gasteiger partial charge in [-0.2, -0.15) is 0 Å². The predicted octanol–water partition coefficient (Wildman–Crippen LogP) is 4.65. The minimum atomic E-state index is -1.76. The molecule has 1 aliphatic rings. The summed E-state index contributed by atoms with van der Waals surface area (Å²) in [5, 5.41) is 11.1. The van der Waals surface area contributed by atoms with Crippen molar-refractivity contribution in [3.8, 4) is 11.5 Å². The van der Waals surface area contributed by atoms with Crippen LogP contribution in [0, 0.1) is 17.5 Å². The van der Waals surface area contributed by atoms with Gasteiger partial charge in [0, 0.05) is 4.47 Å². The number of phenols is 1. The van der Waals surface area contributed by atoms with Gasteiger partial charge in [0.2, 0.25) is 5.91 Å². The van der Waals surface area contributed by atoms with Gasteiger partial charge in [0.15, 0.2) is 29.0 Å². The van der Waals surface area contributed by atoms with Gasteiger partial charge in [-0.15, -0.1) is 0 Å². The molecule has 0 aliphatic carbocycles. The highest BCUT2D eigenvalue weighted by atomic mass is 79.9. The third kappa shape index (κ3) is 4.91.